The fraction of sp³-hybridized carbons (Fsp3) is 0.280. The molecule has 0 amide bonds. The summed E-state index contributed by atoms with van der Waals surface area (Å²) in [7, 11) is 0. The van der Waals surface area contributed by atoms with Gasteiger partial charge in [-0.2, -0.15) is 9.61 Å². The third-order valence-corrected chi connectivity index (χ3v) is 6.50. The molecular weight excluding hydrogens is 421 g/mol. The number of carboxylic acid groups (broad SMARTS) is 1. The zero-order chi connectivity index (χ0) is 22.9. The number of carboxylic acids is 1. The minimum atomic E-state index is -1.81. The van der Waals surface area contributed by atoms with Crippen molar-refractivity contribution in [2.75, 3.05) is 5.73 Å². The first-order chi connectivity index (χ1) is 16.0. The van der Waals surface area contributed by atoms with E-state index in [9.17, 15) is 9.18 Å². The van der Waals surface area contributed by atoms with Gasteiger partial charge in [-0.3, -0.25) is 4.98 Å². The maximum absolute atomic E-state index is 13.9. The Kier molecular flexibility index (Phi) is 5.50. The number of aliphatic carboxylic acids is 1. The third kappa shape index (κ3) is 4.04. The van der Waals surface area contributed by atoms with E-state index < -0.39 is 18.1 Å². The molecule has 3 N–H and O–H groups in total. The van der Waals surface area contributed by atoms with Crippen LogP contribution in [0.25, 0.3) is 28.0 Å². The fourth-order valence-electron chi connectivity index (χ4n) is 4.66. The Hall–Kier alpha value is -3.81. The van der Waals surface area contributed by atoms with Crippen LogP contribution in [0.2, 0.25) is 0 Å². The van der Waals surface area contributed by atoms with Gasteiger partial charge in [-0.05, 0) is 31.7 Å². The summed E-state index contributed by atoms with van der Waals surface area (Å²) in [5.74, 6) is -1.24. The summed E-state index contributed by atoms with van der Waals surface area (Å²) in [5, 5.41) is 13.4. The third-order valence-electron chi connectivity index (χ3n) is 6.50. The molecule has 0 radical (unpaired) electrons. The number of carbonyl (C=O) groups is 1. The molecule has 33 heavy (non-hydrogen) atoms. The van der Waals surface area contributed by atoms with Crippen molar-refractivity contribution < 1.29 is 14.3 Å². The molecule has 8 heteroatoms. The van der Waals surface area contributed by atoms with E-state index in [0.29, 0.717) is 37.1 Å². The molecular formula is C25H24FN5O2. The first kappa shape index (κ1) is 21.1. The van der Waals surface area contributed by atoms with Crippen molar-refractivity contribution in [2.45, 2.75) is 37.8 Å². The number of nitrogens with zero attached hydrogens (tertiary/aromatic N) is 4. The molecule has 1 fully saturated rings. The second-order valence-corrected chi connectivity index (χ2v) is 8.55. The van der Waals surface area contributed by atoms with Gasteiger partial charge in [0, 0.05) is 46.5 Å². The summed E-state index contributed by atoms with van der Waals surface area (Å²) in [6, 6.07) is 15.7. The zero-order valence-electron chi connectivity index (χ0n) is 17.9. The van der Waals surface area contributed by atoms with Gasteiger partial charge in [0.2, 0.25) is 0 Å². The molecule has 1 atom stereocenters. The van der Waals surface area contributed by atoms with E-state index >= 15 is 0 Å². The molecule has 0 unspecified atom stereocenters. The Morgan fingerprint density at radius 1 is 1.06 bits per heavy atom. The number of rotatable bonds is 5. The van der Waals surface area contributed by atoms with Gasteiger partial charge >= 0.3 is 5.97 Å². The largest absolute Gasteiger partial charge is 0.479 e. The number of pyridine rings is 1. The fourth-order valence-corrected chi connectivity index (χ4v) is 4.66. The van der Waals surface area contributed by atoms with Gasteiger partial charge in [-0.15, -0.1) is 0 Å². The minimum Gasteiger partial charge on any atom is -0.479 e. The number of hydrogen-bond donors (Lipinski definition) is 2. The highest BCUT2D eigenvalue weighted by molar-refractivity contribution is 5.78. The molecule has 0 saturated heterocycles. The van der Waals surface area contributed by atoms with Crippen LogP contribution in [0.15, 0.2) is 60.9 Å². The summed E-state index contributed by atoms with van der Waals surface area (Å²) in [4.78, 5) is 20.4. The van der Waals surface area contributed by atoms with Crippen LogP contribution in [0, 0.1) is 5.92 Å². The SMILES string of the molecule is Nc1cc(C2CCC([C@H](F)C(=O)O)CC2)nc2c(-c3ccc(-c4ccccc4)nc3)cnn12. The van der Waals surface area contributed by atoms with Crippen LogP contribution in [0.1, 0.15) is 37.3 Å². The molecule has 3 heterocycles. The molecule has 5 rings (SSSR count). The monoisotopic (exact) mass is 445 g/mol. The minimum absolute atomic E-state index is 0.107. The molecule has 168 valence electrons. The number of alkyl halides is 1. The van der Waals surface area contributed by atoms with Crippen LogP contribution in [0.5, 0.6) is 0 Å². The molecule has 4 aromatic rings. The smallest absolute Gasteiger partial charge is 0.338 e. The second kappa shape index (κ2) is 8.61. The Bertz CT molecular complexity index is 1280. The van der Waals surface area contributed by atoms with Crippen LogP contribution < -0.4 is 5.73 Å². The summed E-state index contributed by atoms with van der Waals surface area (Å²) in [5.41, 5.74) is 11.4. The number of hydrogen-bond acceptors (Lipinski definition) is 5. The zero-order valence-corrected chi connectivity index (χ0v) is 17.9. The number of nitrogen functional groups attached to an aromatic ring is 1. The lowest BCUT2D eigenvalue weighted by Gasteiger charge is -2.28. The van der Waals surface area contributed by atoms with E-state index in [1.807, 2.05) is 54.7 Å². The van der Waals surface area contributed by atoms with Crippen LogP contribution in [-0.2, 0) is 4.79 Å². The number of aromatic nitrogens is 4. The maximum atomic E-state index is 13.9. The highest BCUT2D eigenvalue weighted by Crippen LogP contribution is 2.38. The van der Waals surface area contributed by atoms with Gasteiger partial charge in [0.05, 0.1) is 11.9 Å². The topological polar surface area (TPSA) is 106 Å². The highest BCUT2D eigenvalue weighted by atomic mass is 19.1. The number of nitrogens with two attached hydrogens (primary N) is 1. The summed E-state index contributed by atoms with van der Waals surface area (Å²) in [6.07, 6.45) is 4.13. The van der Waals surface area contributed by atoms with Crippen molar-refractivity contribution in [3.05, 3.63) is 66.6 Å². The van der Waals surface area contributed by atoms with E-state index in [-0.39, 0.29) is 5.92 Å². The average molecular weight is 445 g/mol. The van der Waals surface area contributed by atoms with Crippen molar-refractivity contribution in [2.24, 2.45) is 5.92 Å². The van der Waals surface area contributed by atoms with Crippen LogP contribution in [-0.4, -0.2) is 36.8 Å². The molecule has 3 aromatic heterocycles. The Labute approximate surface area is 190 Å². The average Bonchev–Trinajstić information content (AvgIpc) is 3.29. The van der Waals surface area contributed by atoms with Crippen molar-refractivity contribution in [1.29, 1.82) is 0 Å². The molecule has 1 saturated carbocycles. The predicted octanol–water partition coefficient (Wildman–Crippen LogP) is 4.74. The van der Waals surface area contributed by atoms with Gasteiger partial charge < -0.3 is 10.8 Å². The first-order valence-corrected chi connectivity index (χ1v) is 11.0. The van der Waals surface area contributed by atoms with Gasteiger partial charge in [0.15, 0.2) is 11.8 Å². The summed E-state index contributed by atoms with van der Waals surface area (Å²) >= 11 is 0. The molecule has 1 aromatic carbocycles. The quantitative estimate of drug-likeness (QED) is 0.460. The van der Waals surface area contributed by atoms with E-state index in [1.165, 1.54) is 0 Å². The molecule has 0 aliphatic heterocycles. The van der Waals surface area contributed by atoms with Gasteiger partial charge in [-0.25, -0.2) is 14.2 Å². The van der Waals surface area contributed by atoms with Crippen molar-refractivity contribution >= 4 is 17.4 Å². The number of halogens is 1. The van der Waals surface area contributed by atoms with Gasteiger partial charge in [-0.1, -0.05) is 36.4 Å². The van der Waals surface area contributed by atoms with Gasteiger partial charge in [0.1, 0.15) is 5.82 Å². The normalized spacial score (nSPS) is 19.4. The highest BCUT2D eigenvalue weighted by Gasteiger charge is 2.33. The molecule has 0 bridgehead atoms. The predicted molar refractivity (Wildman–Crippen MR) is 123 cm³/mol. The van der Waals surface area contributed by atoms with E-state index in [4.69, 9.17) is 15.8 Å². The summed E-state index contributed by atoms with van der Waals surface area (Å²) in [6.45, 7) is 0. The standard InChI is InChI=1S/C25H24FN5O2/c26-23(25(32)33)17-8-6-16(7-9-17)21-12-22(27)31-24(30-21)19(14-29-31)18-10-11-20(28-13-18)15-4-2-1-3-5-15/h1-5,10-14,16-17,23H,6-9,27H2,(H,32,33)/t16?,17?,23-/m0/s1. The molecule has 0 spiro atoms. The van der Waals surface area contributed by atoms with Crippen LogP contribution in [0.3, 0.4) is 0 Å². The number of anilines is 1. The van der Waals surface area contributed by atoms with Crippen molar-refractivity contribution in [3.8, 4) is 22.4 Å². The lowest BCUT2D eigenvalue weighted by molar-refractivity contribution is -0.145. The Morgan fingerprint density at radius 2 is 1.82 bits per heavy atom. The summed E-state index contributed by atoms with van der Waals surface area (Å²) < 4.78 is 15.5. The van der Waals surface area contributed by atoms with Crippen molar-refractivity contribution in [1.82, 2.24) is 19.6 Å². The number of benzene rings is 1. The van der Waals surface area contributed by atoms with Crippen LogP contribution in [0.4, 0.5) is 10.2 Å². The van der Waals surface area contributed by atoms with Gasteiger partial charge in [0.25, 0.3) is 0 Å². The number of fused-ring (bicyclic) bond motifs is 1. The molecule has 7 nitrogen and oxygen atoms in total. The lowest BCUT2D eigenvalue weighted by Crippen LogP contribution is -2.28. The van der Waals surface area contributed by atoms with Crippen LogP contribution >= 0.6 is 0 Å². The first-order valence-electron chi connectivity index (χ1n) is 11.0. The second-order valence-electron chi connectivity index (χ2n) is 8.55. The Morgan fingerprint density at radius 3 is 2.48 bits per heavy atom. The maximum Gasteiger partial charge on any atom is 0.338 e. The van der Waals surface area contributed by atoms with E-state index in [2.05, 4.69) is 10.1 Å². The van der Waals surface area contributed by atoms with E-state index in [1.54, 1.807) is 10.7 Å². The molecule has 1 aliphatic rings. The van der Waals surface area contributed by atoms with E-state index in [0.717, 1.165) is 28.1 Å². The Balaban J connectivity index is 1.42. The molecule has 1 aliphatic carbocycles. The van der Waals surface area contributed by atoms with Crippen molar-refractivity contribution in [3.63, 3.8) is 0 Å². The lowest BCUT2D eigenvalue weighted by atomic mass is 9.78.